The van der Waals surface area contributed by atoms with E-state index in [2.05, 4.69) is 10.5 Å². The van der Waals surface area contributed by atoms with Gasteiger partial charge in [-0.3, -0.25) is 0 Å². The van der Waals surface area contributed by atoms with Gasteiger partial charge in [-0.05, 0) is 12.0 Å². The van der Waals surface area contributed by atoms with Crippen molar-refractivity contribution in [3.05, 3.63) is 35.9 Å². The lowest BCUT2D eigenvalue weighted by Crippen LogP contribution is -2.19. The molecule has 1 aromatic carbocycles. The predicted molar refractivity (Wildman–Crippen MR) is 63.4 cm³/mol. The SMILES string of the molecule is CCCCOC(=O)N/N=C\c1ccccc1. The Morgan fingerprint density at radius 1 is 1.44 bits per heavy atom. The molecule has 0 fully saturated rings. The van der Waals surface area contributed by atoms with E-state index in [9.17, 15) is 4.79 Å². The number of nitrogens with one attached hydrogen (secondary N) is 1. The average Bonchev–Trinajstić information content (AvgIpc) is 2.31. The number of carbonyl (C=O) groups excluding carboxylic acids is 1. The van der Waals surface area contributed by atoms with Crippen molar-refractivity contribution < 1.29 is 9.53 Å². The van der Waals surface area contributed by atoms with Gasteiger partial charge in [-0.15, -0.1) is 0 Å². The van der Waals surface area contributed by atoms with Gasteiger partial charge in [-0.1, -0.05) is 43.7 Å². The molecule has 0 radical (unpaired) electrons. The molecule has 0 aliphatic heterocycles. The Kier molecular flexibility index (Phi) is 5.70. The minimum atomic E-state index is -0.513. The molecule has 0 unspecified atom stereocenters. The monoisotopic (exact) mass is 220 g/mol. The molecule has 0 saturated carbocycles. The highest BCUT2D eigenvalue weighted by Crippen LogP contribution is 1.93. The molecule has 0 heterocycles. The van der Waals surface area contributed by atoms with E-state index in [0.717, 1.165) is 18.4 Å². The van der Waals surface area contributed by atoms with Crippen molar-refractivity contribution >= 4 is 12.3 Å². The molecule has 0 spiro atoms. The second kappa shape index (κ2) is 7.45. The van der Waals surface area contributed by atoms with Crippen LogP contribution in [0.1, 0.15) is 25.3 Å². The van der Waals surface area contributed by atoms with Gasteiger partial charge in [0.2, 0.25) is 0 Å². The predicted octanol–water partition coefficient (Wildman–Crippen LogP) is 2.55. The zero-order valence-electron chi connectivity index (χ0n) is 9.35. The van der Waals surface area contributed by atoms with Crippen molar-refractivity contribution in [2.75, 3.05) is 6.61 Å². The van der Waals surface area contributed by atoms with E-state index in [1.807, 2.05) is 37.3 Å². The van der Waals surface area contributed by atoms with Crippen LogP contribution in [0, 0.1) is 0 Å². The number of amides is 1. The second-order valence-electron chi connectivity index (χ2n) is 3.27. The van der Waals surface area contributed by atoms with Gasteiger partial charge < -0.3 is 4.74 Å². The van der Waals surface area contributed by atoms with Crippen molar-refractivity contribution in [1.29, 1.82) is 0 Å². The lowest BCUT2D eigenvalue weighted by molar-refractivity contribution is 0.145. The maximum atomic E-state index is 11.1. The maximum Gasteiger partial charge on any atom is 0.427 e. The van der Waals surface area contributed by atoms with Crippen LogP contribution in [0.5, 0.6) is 0 Å². The Balaban J connectivity index is 2.24. The smallest absolute Gasteiger partial charge is 0.427 e. The fraction of sp³-hybridized carbons (Fsp3) is 0.333. The Labute approximate surface area is 95.3 Å². The lowest BCUT2D eigenvalue weighted by atomic mass is 10.2. The Morgan fingerprint density at radius 2 is 2.19 bits per heavy atom. The number of hydrogen-bond donors (Lipinski definition) is 1. The first-order valence-corrected chi connectivity index (χ1v) is 5.34. The van der Waals surface area contributed by atoms with Crippen LogP contribution in [0.4, 0.5) is 4.79 Å². The fourth-order valence-electron chi connectivity index (χ4n) is 1.04. The van der Waals surface area contributed by atoms with Crippen LogP contribution < -0.4 is 5.43 Å². The normalized spacial score (nSPS) is 10.3. The number of unbranched alkanes of at least 4 members (excludes halogenated alkanes) is 1. The van der Waals surface area contributed by atoms with Gasteiger partial charge in [0.1, 0.15) is 0 Å². The molecular formula is C12H16N2O2. The van der Waals surface area contributed by atoms with Crippen LogP contribution in [0.15, 0.2) is 35.4 Å². The second-order valence-corrected chi connectivity index (χ2v) is 3.27. The van der Waals surface area contributed by atoms with Crippen LogP contribution in [-0.4, -0.2) is 18.9 Å². The van der Waals surface area contributed by atoms with Gasteiger partial charge in [0.25, 0.3) is 0 Å². The Hall–Kier alpha value is -1.84. The third-order valence-corrected chi connectivity index (χ3v) is 1.90. The van der Waals surface area contributed by atoms with Crippen molar-refractivity contribution in [2.24, 2.45) is 5.10 Å². The molecule has 1 aromatic rings. The summed E-state index contributed by atoms with van der Waals surface area (Å²) < 4.78 is 4.86. The molecule has 16 heavy (non-hydrogen) atoms. The third-order valence-electron chi connectivity index (χ3n) is 1.90. The first-order chi connectivity index (χ1) is 7.83. The first-order valence-electron chi connectivity index (χ1n) is 5.34. The molecule has 1 N–H and O–H groups in total. The fourth-order valence-corrected chi connectivity index (χ4v) is 1.04. The summed E-state index contributed by atoms with van der Waals surface area (Å²) in [6.07, 6.45) is 2.93. The van der Waals surface area contributed by atoms with Crippen LogP contribution in [0.3, 0.4) is 0 Å². The van der Waals surface area contributed by atoms with E-state index in [1.165, 1.54) is 0 Å². The largest absolute Gasteiger partial charge is 0.448 e. The summed E-state index contributed by atoms with van der Waals surface area (Å²) in [5.74, 6) is 0. The standard InChI is InChI=1S/C12H16N2O2/c1-2-3-9-16-12(15)14-13-10-11-7-5-4-6-8-11/h4-8,10H,2-3,9H2,1H3,(H,14,15)/b13-10-. The summed E-state index contributed by atoms with van der Waals surface area (Å²) in [6, 6.07) is 9.52. The molecule has 0 saturated heterocycles. The molecule has 1 amide bonds. The van der Waals surface area contributed by atoms with Gasteiger partial charge in [0.05, 0.1) is 12.8 Å². The highest BCUT2D eigenvalue weighted by molar-refractivity contribution is 5.80. The van der Waals surface area contributed by atoms with E-state index in [-0.39, 0.29) is 0 Å². The number of ether oxygens (including phenoxy) is 1. The summed E-state index contributed by atoms with van der Waals surface area (Å²) in [6.45, 7) is 2.47. The lowest BCUT2D eigenvalue weighted by Gasteiger charge is -2.01. The molecule has 0 aliphatic carbocycles. The number of benzene rings is 1. The molecule has 0 aliphatic rings. The van der Waals surface area contributed by atoms with Crippen molar-refractivity contribution in [3.63, 3.8) is 0 Å². The first kappa shape index (κ1) is 12.2. The van der Waals surface area contributed by atoms with Crippen molar-refractivity contribution in [2.45, 2.75) is 19.8 Å². The van der Waals surface area contributed by atoms with E-state index < -0.39 is 6.09 Å². The van der Waals surface area contributed by atoms with E-state index >= 15 is 0 Å². The maximum absolute atomic E-state index is 11.1. The summed E-state index contributed by atoms with van der Waals surface area (Å²) in [5.41, 5.74) is 3.23. The molecule has 1 rings (SSSR count). The Morgan fingerprint density at radius 3 is 2.88 bits per heavy atom. The minimum absolute atomic E-state index is 0.434. The minimum Gasteiger partial charge on any atom is -0.448 e. The molecule has 4 heteroatoms. The van der Waals surface area contributed by atoms with Gasteiger partial charge in [-0.25, -0.2) is 10.2 Å². The van der Waals surface area contributed by atoms with E-state index in [1.54, 1.807) is 6.21 Å². The topological polar surface area (TPSA) is 50.7 Å². The number of nitrogens with zero attached hydrogens (tertiary/aromatic N) is 1. The highest BCUT2D eigenvalue weighted by Gasteiger charge is 1.97. The highest BCUT2D eigenvalue weighted by atomic mass is 16.5. The summed E-state index contributed by atoms with van der Waals surface area (Å²) >= 11 is 0. The zero-order chi connectivity index (χ0) is 11.6. The molecule has 4 nitrogen and oxygen atoms in total. The molecular weight excluding hydrogens is 204 g/mol. The number of hydrazone groups is 1. The number of hydrogen-bond acceptors (Lipinski definition) is 3. The zero-order valence-corrected chi connectivity index (χ0v) is 9.35. The quantitative estimate of drug-likeness (QED) is 0.471. The summed E-state index contributed by atoms with van der Waals surface area (Å²) in [4.78, 5) is 11.1. The van der Waals surface area contributed by atoms with Crippen LogP contribution in [0.2, 0.25) is 0 Å². The average molecular weight is 220 g/mol. The number of rotatable bonds is 5. The van der Waals surface area contributed by atoms with Gasteiger partial charge in [0.15, 0.2) is 0 Å². The van der Waals surface area contributed by atoms with Gasteiger partial charge in [-0.2, -0.15) is 5.10 Å². The van der Waals surface area contributed by atoms with Gasteiger partial charge >= 0.3 is 6.09 Å². The molecule has 0 bridgehead atoms. The van der Waals surface area contributed by atoms with E-state index in [0.29, 0.717) is 6.61 Å². The van der Waals surface area contributed by atoms with Crippen molar-refractivity contribution in [1.82, 2.24) is 5.43 Å². The number of carbonyl (C=O) groups is 1. The molecule has 86 valence electrons. The summed E-state index contributed by atoms with van der Waals surface area (Å²) in [7, 11) is 0. The Bertz CT molecular complexity index is 336. The molecule has 0 atom stereocenters. The summed E-state index contributed by atoms with van der Waals surface area (Å²) in [5, 5.41) is 3.77. The third kappa shape index (κ3) is 5.14. The molecule has 0 aromatic heterocycles. The van der Waals surface area contributed by atoms with Crippen LogP contribution in [-0.2, 0) is 4.74 Å². The van der Waals surface area contributed by atoms with Crippen LogP contribution >= 0.6 is 0 Å². The van der Waals surface area contributed by atoms with Crippen LogP contribution in [0.25, 0.3) is 0 Å². The van der Waals surface area contributed by atoms with Gasteiger partial charge in [0, 0.05) is 0 Å². The van der Waals surface area contributed by atoms with E-state index in [4.69, 9.17) is 4.74 Å². The van der Waals surface area contributed by atoms with Crippen molar-refractivity contribution in [3.8, 4) is 0 Å².